The quantitative estimate of drug-likeness (QED) is 0.0421. The van der Waals surface area contributed by atoms with Gasteiger partial charge in [-0.05, 0) is 82.9 Å². The number of halogens is 2. The second kappa shape index (κ2) is 19.2. The number of benzene rings is 4. The minimum Gasteiger partial charge on any atom is -0.493 e. The first kappa shape index (κ1) is 41.3. The topological polar surface area (TPSA) is 124 Å². The summed E-state index contributed by atoms with van der Waals surface area (Å²) in [7, 11) is 0. The molecule has 0 fully saturated rings. The number of hydrogen-bond acceptors (Lipinski definition) is 10. The summed E-state index contributed by atoms with van der Waals surface area (Å²) in [6.45, 7) is 11.3. The van der Waals surface area contributed by atoms with E-state index >= 15 is 0 Å². The molecule has 0 aromatic heterocycles. The molecule has 0 aliphatic heterocycles. The van der Waals surface area contributed by atoms with Crippen molar-refractivity contribution < 1.29 is 56.4 Å². The SMILES string of the molecule is C=CC(=O)OCCCOc1ccc(C=CC(=O)Oc2ccc3c(c2)C(C)(C)c2cc(OC(=O)C=Cc4ccc(OCCCOC(=O)C=C)cc4F)ccc2-3)c(F)c1. The third kappa shape index (κ3) is 11.1. The molecule has 0 saturated heterocycles. The predicted octanol–water partition coefficient (Wildman–Crippen LogP) is 8.50. The lowest BCUT2D eigenvalue weighted by Gasteiger charge is -2.22. The van der Waals surface area contributed by atoms with Crippen molar-refractivity contribution in [1.29, 1.82) is 0 Å². The van der Waals surface area contributed by atoms with Crippen LogP contribution in [-0.2, 0) is 34.1 Å². The largest absolute Gasteiger partial charge is 0.493 e. The van der Waals surface area contributed by atoms with Crippen LogP contribution in [0, 0.1) is 11.6 Å². The van der Waals surface area contributed by atoms with E-state index in [9.17, 15) is 28.0 Å². The standard InChI is InChI=1S/C45H40F2O10/c1-5-41(48)54-23-7-21-52-31-13-9-29(39(46)27-31)11-19-43(50)56-33-15-17-35-36-18-16-34(26-38(36)45(3,4)37(35)25-33)57-44(51)20-12-30-10-14-32(28-40(30)47)53-22-8-24-55-42(49)6-2/h5-6,9-20,25-28H,1-2,7-8,21-24H2,3-4H3. The number of fused-ring (bicyclic) bond motifs is 3. The maximum Gasteiger partial charge on any atom is 0.336 e. The van der Waals surface area contributed by atoms with Gasteiger partial charge in [0.05, 0.1) is 26.4 Å². The summed E-state index contributed by atoms with van der Waals surface area (Å²) >= 11 is 0. The van der Waals surface area contributed by atoms with Gasteiger partial charge in [-0.15, -0.1) is 0 Å². The van der Waals surface area contributed by atoms with E-state index in [0.717, 1.165) is 46.6 Å². The highest BCUT2D eigenvalue weighted by Gasteiger charge is 2.36. The van der Waals surface area contributed by atoms with Crippen LogP contribution in [0.4, 0.5) is 8.78 Å². The lowest BCUT2D eigenvalue weighted by molar-refractivity contribution is -0.138. The van der Waals surface area contributed by atoms with Crippen LogP contribution in [0.5, 0.6) is 23.0 Å². The fourth-order valence-electron chi connectivity index (χ4n) is 5.87. The Morgan fingerprint density at radius 2 is 0.965 bits per heavy atom. The van der Waals surface area contributed by atoms with Crippen LogP contribution < -0.4 is 18.9 Å². The lowest BCUT2D eigenvalue weighted by Crippen LogP contribution is -2.16. The Bertz CT molecular complexity index is 2080. The van der Waals surface area contributed by atoms with Crippen molar-refractivity contribution in [1.82, 2.24) is 0 Å². The number of rotatable bonds is 18. The van der Waals surface area contributed by atoms with Crippen LogP contribution in [0.3, 0.4) is 0 Å². The van der Waals surface area contributed by atoms with Crippen molar-refractivity contribution in [3.8, 4) is 34.1 Å². The summed E-state index contributed by atoms with van der Waals surface area (Å²) < 4.78 is 61.3. The predicted molar refractivity (Wildman–Crippen MR) is 209 cm³/mol. The minimum absolute atomic E-state index is 0.144. The Kier molecular flexibility index (Phi) is 13.9. The van der Waals surface area contributed by atoms with Gasteiger partial charge in [-0.2, -0.15) is 0 Å². The number of hydrogen-bond donors (Lipinski definition) is 0. The van der Waals surface area contributed by atoms with Crippen LogP contribution in [0.15, 0.2) is 110 Å². The van der Waals surface area contributed by atoms with Gasteiger partial charge < -0.3 is 28.4 Å². The average molecular weight is 779 g/mol. The van der Waals surface area contributed by atoms with Gasteiger partial charge in [-0.1, -0.05) is 39.1 Å². The zero-order valence-electron chi connectivity index (χ0n) is 31.4. The van der Waals surface area contributed by atoms with Crippen LogP contribution in [0.2, 0.25) is 0 Å². The molecule has 10 nitrogen and oxygen atoms in total. The van der Waals surface area contributed by atoms with Crippen molar-refractivity contribution in [2.24, 2.45) is 0 Å². The molecule has 4 aromatic carbocycles. The fourth-order valence-corrected chi connectivity index (χ4v) is 5.87. The highest BCUT2D eigenvalue weighted by molar-refractivity contribution is 5.90. The van der Waals surface area contributed by atoms with Gasteiger partial charge in [0.15, 0.2) is 0 Å². The van der Waals surface area contributed by atoms with Crippen molar-refractivity contribution in [3.05, 3.63) is 144 Å². The Hall–Kier alpha value is -6.82. The van der Waals surface area contributed by atoms with Gasteiger partial charge in [0.1, 0.15) is 34.6 Å². The van der Waals surface area contributed by atoms with Gasteiger partial charge in [-0.25, -0.2) is 28.0 Å². The van der Waals surface area contributed by atoms with E-state index < -0.39 is 40.9 Å². The second-order valence-electron chi connectivity index (χ2n) is 13.1. The van der Waals surface area contributed by atoms with E-state index in [1.807, 2.05) is 26.0 Å². The average Bonchev–Trinajstić information content (AvgIpc) is 3.41. The second-order valence-corrected chi connectivity index (χ2v) is 13.1. The zero-order chi connectivity index (χ0) is 41.0. The number of esters is 4. The third-order valence-electron chi connectivity index (χ3n) is 8.73. The Balaban J connectivity index is 1.14. The molecule has 0 amide bonds. The molecule has 1 aliphatic rings. The zero-order valence-corrected chi connectivity index (χ0v) is 31.4. The van der Waals surface area contributed by atoms with Gasteiger partial charge in [0.25, 0.3) is 0 Å². The molecule has 294 valence electrons. The maximum atomic E-state index is 14.7. The third-order valence-corrected chi connectivity index (χ3v) is 8.73. The number of carbonyl (C=O) groups is 4. The van der Waals surface area contributed by atoms with E-state index in [-0.39, 0.29) is 49.1 Å². The molecule has 5 rings (SSSR count). The Morgan fingerprint density at radius 1 is 0.561 bits per heavy atom. The molecule has 4 aromatic rings. The smallest absolute Gasteiger partial charge is 0.336 e. The molecule has 12 heteroatoms. The molecular weight excluding hydrogens is 738 g/mol. The molecule has 0 bridgehead atoms. The van der Waals surface area contributed by atoms with Crippen molar-refractivity contribution in [2.75, 3.05) is 26.4 Å². The monoisotopic (exact) mass is 778 g/mol. The first-order chi connectivity index (χ1) is 27.4. The minimum atomic E-state index is -0.704. The van der Waals surface area contributed by atoms with E-state index in [0.29, 0.717) is 24.3 Å². The summed E-state index contributed by atoms with van der Waals surface area (Å²) in [5.41, 5.74) is 3.36. The number of ether oxygens (including phenoxy) is 6. The van der Waals surface area contributed by atoms with E-state index in [4.69, 9.17) is 28.4 Å². The summed E-state index contributed by atoms with van der Waals surface area (Å²) in [4.78, 5) is 47.6. The van der Waals surface area contributed by atoms with E-state index in [1.54, 1.807) is 36.4 Å². The normalized spacial score (nSPS) is 12.4. The first-order valence-electron chi connectivity index (χ1n) is 17.9. The highest BCUT2D eigenvalue weighted by Crippen LogP contribution is 2.50. The maximum absolute atomic E-state index is 14.7. The Morgan fingerprint density at radius 3 is 1.35 bits per heavy atom. The van der Waals surface area contributed by atoms with Crippen molar-refractivity contribution in [3.63, 3.8) is 0 Å². The molecular formula is C45H40F2O10. The van der Waals surface area contributed by atoms with Crippen LogP contribution >= 0.6 is 0 Å². The van der Waals surface area contributed by atoms with E-state index in [2.05, 4.69) is 13.2 Å². The molecule has 0 N–H and O–H groups in total. The van der Waals surface area contributed by atoms with Crippen molar-refractivity contribution >= 4 is 36.0 Å². The summed E-state index contributed by atoms with van der Waals surface area (Å²) in [6.07, 6.45) is 7.83. The molecule has 0 spiro atoms. The van der Waals surface area contributed by atoms with E-state index in [1.165, 1.54) is 36.4 Å². The lowest BCUT2D eigenvalue weighted by atomic mass is 9.82. The van der Waals surface area contributed by atoms with Crippen LogP contribution in [0.25, 0.3) is 23.3 Å². The highest BCUT2D eigenvalue weighted by atomic mass is 19.1. The van der Waals surface area contributed by atoms with Gasteiger partial charge >= 0.3 is 23.9 Å². The summed E-state index contributed by atoms with van der Waals surface area (Å²) in [6, 6.07) is 19.0. The van der Waals surface area contributed by atoms with Gasteiger partial charge in [-0.3, -0.25) is 0 Å². The molecule has 57 heavy (non-hydrogen) atoms. The first-order valence-corrected chi connectivity index (χ1v) is 17.9. The Labute approximate surface area is 328 Å². The fraction of sp³-hybridized carbons (Fsp3) is 0.200. The van der Waals surface area contributed by atoms with Gasteiger partial charge in [0, 0.05) is 65.8 Å². The molecule has 0 radical (unpaired) electrons. The molecule has 0 heterocycles. The molecule has 1 aliphatic carbocycles. The molecule has 0 unspecified atom stereocenters. The van der Waals surface area contributed by atoms with Crippen LogP contribution in [-0.4, -0.2) is 50.3 Å². The number of carbonyl (C=O) groups excluding carboxylic acids is 4. The van der Waals surface area contributed by atoms with Crippen molar-refractivity contribution in [2.45, 2.75) is 32.1 Å². The molecule has 0 atom stereocenters. The summed E-state index contributed by atoms with van der Waals surface area (Å²) in [5, 5.41) is 0. The summed E-state index contributed by atoms with van der Waals surface area (Å²) in [5.74, 6) is -2.51. The molecule has 0 saturated carbocycles. The van der Waals surface area contributed by atoms with Crippen LogP contribution in [0.1, 0.15) is 48.9 Å². The van der Waals surface area contributed by atoms with Gasteiger partial charge in [0.2, 0.25) is 0 Å².